The van der Waals surface area contributed by atoms with Gasteiger partial charge in [-0.15, -0.1) is 0 Å². The smallest absolute Gasteiger partial charge is 0.262 e. The molecular formula is C14H12ClIO3S. The van der Waals surface area contributed by atoms with Gasteiger partial charge in [0.05, 0.1) is 11.5 Å². The molecule has 0 spiro atoms. The van der Waals surface area contributed by atoms with Crippen LogP contribution in [0.1, 0.15) is 11.1 Å². The number of hydrogen-bond donors (Lipinski definition) is 0. The summed E-state index contributed by atoms with van der Waals surface area (Å²) in [6.45, 7) is 1.89. The zero-order chi connectivity index (χ0) is 14.8. The highest BCUT2D eigenvalue weighted by molar-refractivity contribution is 14.1. The van der Waals surface area contributed by atoms with E-state index < -0.39 is 10.1 Å². The molecule has 106 valence electrons. The minimum Gasteiger partial charge on any atom is -0.262 e. The molecule has 3 nitrogen and oxygen atoms in total. The number of benzene rings is 2. The van der Waals surface area contributed by atoms with Gasteiger partial charge in [0.15, 0.2) is 0 Å². The summed E-state index contributed by atoms with van der Waals surface area (Å²) in [5, 5.41) is 0.611. The van der Waals surface area contributed by atoms with Crippen molar-refractivity contribution in [1.29, 1.82) is 0 Å². The fraction of sp³-hybridized carbons (Fsp3) is 0.143. The molecule has 0 N–H and O–H groups in total. The molecule has 6 heteroatoms. The highest BCUT2D eigenvalue weighted by Crippen LogP contribution is 2.21. The number of rotatable bonds is 4. The predicted octanol–water partition coefficient (Wildman–Crippen LogP) is 4.16. The van der Waals surface area contributed by atoms with Crippen LogP contribution in [0, 0.1) is 10.5 Å². The first-order chi connectivity index (χ1) is 9.38. The third-order valence-corrected chi connectivity index (χ3v) is 5.21. The van der Waals surface area contributed by atoms with E-state index in [1.165, 1.54) is 12.1 Å². The predicted molar refractivity (Wildman–Crippen MR) is 87.3 cm³/mol. The maximum absolute atomic E-state index is 12.0. The summed E-state index contributed by atoms with van der Waals surface area (Å²) in [6.07, 6.45) is 0. The topological polar surface area (TPSA) is 43.4 Å². The highest BCUT2D eigenvalue weighted by Gasteiger charge is 2.15. The highest BCUT2D eigenvalue weighted by atomic mass is 127. The Bertz CT molecular complexity index is 712. The van der Waals surface area contributed by atoms with E-state index >= 15 is 0 Å². The van der Waals surface area contributed by atoms with Gasteiger partial charge in [-0.2, -0.15) is 8.42 Å². The zero-order valence-corrected chi connectivity index (χ0v) is 14.4. The summed E-state index contributed by atoms with van der Waals surface area (Å²) >= 11 is 7.95. The van der Waals surface area contributed by atoms with E-state index in [0.717, 1.165) is 14.7 Å². The Hall–Kier alpha value is -0.630. The molecule has 0 radical (unpaired) electrons. The van der Waals surface area contributed by atoms with E-state index in [0.29, 0.717) is 5.02 Å². The van der Waals surface area contributed by atoms with Gasteiger partial charge in [0, 0.05) is 8.59 Å². The van der Waals surface area contributed by atoms with E-state index in [9.17, 15) is 8.42 Å². The molecule has 2 aromatic rings. The maximum atomic E-state index is 12.0. The van der Waals surface area contributed by atoms with Crippen LogP contribution in [-0.4, -0.2) is 8.42 Å². The Balaban J connectivity index is 2.15. The summed E-state index contributed by atoms with van der Waals surface area (Å²) < 4.78 is 30.0. The van der Waals surface area contributed by atoms with Crippen molar-refractivity contribution in [3.05, 3.63) is 62.2 Å². The molecule has 0 aliphatic heterocycles. The summed E-state index contributed by atoms with van der Waals surface area (Å²) in [4.78, 5) is 0.159. The van der Waals surface area contributed by atoms with Crippen LogP contribution in [0.3, 0.4) is 0 Å². The van der Waals surface area contributed by atoms with Crippen LogP contribution in [-0.2, 0) is 20.9 Å². The molecule has 2 rings (SSSR count). The second kappa shape index (κ2) is 6.43. The van der Waals surface area contributed by atoms with Crippen LogP contribution < -0.4 is 0 Å². The molecule has 0 fully saturated rings. The molecule has 0 aliphatic carbocycles. The van der Waals surface area contributed by atoms with Gasteiger partial charge in [-0.1, -0.05) is 35.4 Å². The fourth-order valence-electron chi connectivity index (χ4n) is 1.55. The van der Waals surface area contributed by atoms with Crippen molar-refractivity contribution >= 4 is 44.3 Å². The van der Waals surface area contributed by atoms with Gasteiger partial charge in [-0.25, -0.2) is 0 Å². The lowest BCUT2D eigenvalue weighted by atomic mass is 10.2. The van der Waals surface area contributed by atoms with Gasteiger partial charge in [-0.3, -0.25) is 4.18 Å². The molecule has 0 aliphatic rings. The lowest BCUT2D eigenvalue weighted by Gasteiger charge is -2.08. The molecule has 0 bridgehead atoms. The molecule has 0 atom stereocenters. The first-order valence-electron chi connectivity index (χ1n) is 5.78. The monoisotopic (exact) mass is 422 g/mol. The Morgan fingerprint density at radius 1 is 1.15 bits per heavy atom. The molecule has 0 saturated heterocycles. The lowest BCUT2D eigenvalue weighted by molar-refractivity contribution is 0.307. The van der Waals surface area contributed by atoms with Gasteiger partial charge in [0.25, 0.3) is 10.1 Å². The van der Waals surface area contributed by atoms with Gasteiger partial charge >= 0.3 is 0 Å². The standard InChI is InChI=1S/C14H12ClIO3S/c1-10-2-6-13(7-3-10)20(17,18)19-9-11-4-5-12(15)8-14(11)16/h2-8H,9H2,1H3. The zero-order valence-electron chi connectivity index (χ0n) is 10.6. The third kappa shape index (κ3) is 3.94. The van der Waals surface area contributed by atoms with Crippen LogP contribution in [0.5, 0.6) is 0 Å². The van der Waals surface area contributed by atoms with Crippen molar-refractivity contribution in [2.45, 2.75) is 18.4 Å². The van der Waals surface area contributed by atoms with Crippen LogP contribution in [0.25, 0.3) is 0 Å². The molecule has 0 heterocycles. The summed E-state index contributed by atoms with van der Waals surface area (Å²) in [6, 6.07) is 11.8. The number of halogens is 2. The largest absolute Gasteiger partial charge is 0.297 e. The molecule has 2 aromatic carbocycles. The molecule has 0 unspecified atom stereocenters. The van der Waals surface area contributed by atoms with E-state index in [2.05, 4.69) is 22.6 Å². The van der Waals surface area contributed by atoms with E-state index in [4.69, 9.17) is 15.8 Å². The van der Waals surface area contributed by atoms with Crippen LogP contribution in [0.15, 0.2) is 47.4 Å². The van der Waals surface area contributed by atoms with Crippen molar-refractivity contribution in [2.24, 2.45) is 0 Å². The van der Waals surface area contributed by atoms with Gasteiger partial charge < -0.3 is 0 Å². The summed E-state index contributed by atoms with van der Waals surface area (Å²) in [7, 11) is -3.74. The molecule has 20 heavy (non-hydrogen) atoms. The Labute approximate surface area is 137 Å². The second-order valence-corrected chi connectivity index (χ2v) is 7.48. The van der Waals surface area contributed by atoms with Gasteiger partial charge in [0.1, 0.15) is 0 Å². The quantitative estimate of drug-likeness (QED) is 0.549. The number of hydrogen-bond acceptors (Lipinski definition) is 3. The van der Waals surface area contributed by atoms with Crippen LogP contribution in [0.2, 0.25) is 5.02 Å². The molecule has 0 aromatic heterocycles. The second-order valence-electron chi connectivity index (χ2n) is 4.27. The van der Waals surface area contributed by atoms with Crippen molar-refractivity contribution in [1.82, 2.24) is 0 Å². The average Bonchev–Trinajstić information content (AvgIpc) is 2.38. The van der Waals surface area contributed by atoms with Crippen LogP contribution >= 0.6 is 34.2 Å². The van der Waals surface area contributed by atoms with Crippen molar-refractivity contribution in [2.75, 3.05) is 0 Å². The maximum Gasteiger partial charge on any atom is 0.297 e. The normalized spacial score (nSPS) is 11.6. The summed E-state index contributed by atoms with van der Waals surface area (Å²) in [5.74, 6) is 0. The molecular weight excluding hydrogens is 411 g/mol. The first kappa shape index (κ1) is 15.8. The van der Waals surface area contributed by atoms with Crippen molar-refractivity contribution in [3.8, 4) is 0 Å². The molecule has 0 saturated carbocycles. The van der Waals surface area contributed by atoms with Crippen molar-refractivity contribution in [3.63, 3.8) is 0 Å². The van der Waals surface area contributed by atoms with E-state index in [1.54, 1.807) is 30.3 Å². The Morgan fingerprint density at radius 3 is 2.40 bits per heavy atom. The minimum atomic E-state index is -3.74. The Kier molecular flexibility index (Phi) is 5.06. The minimum absolute atomic E-state index is 0.00828. The van der Waals surface area contributed by atoms with Crippen LogP contribution in [0.4, 0.5) is 0 Å². The number of aryl methyl sites for hydroxylation is 1. The van der Waals surface area contributed by atoms with E-state index in [-0.39, 0.29) is 11.5 Å². The van der Waals surface area contributed by atoms with Gasteiger partial charge in [0.2, 0.25) is 0 Å². The fourth-order valence-corrected chi connectivity index (χ4v) is 3.47. The van der Waals surface area contributed by atoms with Gasteiger partial charge in [-0.05, 0) is 59.3 Å². The molecule has 0 amide bonds. The lowest BCUT2D eigenvalue weighted by Crippen LogP contribution is -2.07. The SMILES string of the molecule is Cc1ccc(S(=O)(=O)OCc2ccc(Cl)cc2I)cc1. The summed E-state index contributed by atoms with van der Waals surface area (Å²) in [5.41, 5.74) is 1.78. The Morgan fingerprint density at radius 2 is 1.80 bits per heavy atom. The third-order valence-electron chi connectivity index (χ3n) is 2.69. The average molecular weight is 423 g/mol. The first-order valence-corrected chi connectivity index (χ1v) is 8.65. The van der Waals surface area contributed by atoms with E-state index in [1.807, 2.05) is 6.92 Å². The van der Waals surface area contributed by atoms with Crippen molar-refractivity contribution < 1.29 is 12.6 Å².